The number of nitrogens with one attached hydrogen (secondary N) is 3. The Labute approximate surface area is 226 Å². The number of phenols is 1. The van der Waals surface area contributed by atoms with E-state index in [9.17, 15) is 34.2 Å². The van der Waals surface area contributed by atoms with Crippen molar-refractivity contribution in [1.29, 1.82) is 0 Å². The highest BCUT2D eigenvalue weighted by molar-refractivity contribution is 7.98. The van der Waals surface area contributed by atoms with Crippen molar-refractivity contribution >= 4 is 41.4 Å². The SMILES string of the molecule is CCC(C)C(N)C(=O)NC(CCC(=O)O)C(=O)NC(Cc1ccc(O)cc1)C(=O)NC(CCSC)C(=O)O. The van der Waals surface area contributed by atoms with Crippen molar-refractivity contribution in [2.75, 3.05) is 12.0 Å². The molecule has 0 fully saturated rings. The maximum absolute atomic E-state index is 13.2. The minimum atomic E-state index is -1.30. The molecule has 0 spiro atoms. The molecule has 0 aliphatic rings. The van der Waals surface area contributed by atoms with Gasteiger partial charge in [0.05, 0.1) is 6.04 Å². The van der Waals surface area contributed by atoms with Crippen LogP contribution in [0.2, 0.25) is 0 Å². The Morgan fingerprint density at radius 2 is 1.45 bits per heavy atom. The van der Waals surface area contributed by atoms with Crippen LogP contribution in [0.5, 0.6) is 5.75 Å². The van der Waals surface area contributed by atoms with Gasteiger partial charge in [0.25, 0.3) is 0 Å². The molecule has 0 aliphatic heterocycles. The van der Waals surface area contributed by atoms with Crippen molar-refractivity contribution in [3.05, 3.63) is 29.8 Å². The average Bonchev–Trinajstić information content (AvgIpc) is 2.87. The predicted octanol–water partition coefficient (Wildman–Crippen LogP) is 0.465. The third kappa shape index (κ3) is 11.4. The predicted molar refractivity (Wildman–Crippen MR) is 143 cm³/mol. The fourth-order valence-corrected chi connectivity index (χ4v) is 3.90. The first kappa shape index (κ1) is 32.7. The van der Waals surface area contributed by atoms with Crippen molar-refractivity contribution in [2.45, 2.75) is 70.1 Å². The van der Waals surface area contributed by atoms with Crippen molar-refractivity contribution in [1.82, 2.24) is 16.0 Å². The van der Waals surface area contributed by atoms with E-state index in [0.717, 1.165) is 0 Å². The molecule has 0 aromatic heterocycles. The van der Waals surface area contributed by atoms with Crippen LogP contribution in [0.1, 0.15) is 45.1 Å². The number of aliphatic carboxylic acids is 2. The molecule has 0 heterocycles. The summed E-state index contributed by atoms with van der Waals surface area (Å²) in [5.41, 5.74) is 6.52. The Balaban J connectivity index is 3.18. The minimum absolute atomic E-state index is 0.00381. The first-order valence-electron chi connectivity index (χ1n) is 12.3. The number of hydrogen-bond acceptors (Lipinski definition) is 8. The van der Waals surface area contributed by atoms with Crippen LogP contribution in [0, 0.1) is 5.92 Å². The number of rotatable bonds is 17. The van der Waals surface area contributed by atoms with Crippen molar-refractivity contribution < 1.29 is 39.3 Å². The summed E-state index contributed by atoms with van der Waals surface area (Å²) in [4.78, 5) is 61.8. The van der Waals surface area contributed by atoms with Crippen molar-refractivity contribution in [3.63, 3.8) is 0 Å². The van der Waals surface area contributed by atoms with Crippen molar-refractivity contribution in [2.24, 2.45) is 11.7 Å². The number of amides is 3. The van der Waals surface area contributed by atoms with E-state index in [1.165, 1.54) is 23.9 Å². The lowest BCUT2D eigenvalue weighted by Crippen LogP contribution is -2.58. The van der Waals surface area contributed by atoms with Gasteiger partial charge in [-0.25, -0.2) is 4.79 Å². The van der Waals surface area contributed by atoms with Crippen LogP contribution in [-0.2, 0) is 30.4 Å². The van der Waals surface area contributed by atoms with E-state index >= 15 is 0 Å². The smallest absolute Gasteiger partial charge is 0.326 e. The Hall–Kier alpha value is -3.32. The summed E-state index contributed by atoms with van der Waals surface area (Å²) in [5, 5.41) is 35.6. The van der Waals surface area contributed by atoms with E-state index in [-0.39, 0.29) is 30.9 Å². The van der Waals surface area contributed by atoms with E-state index < -0.39 is 60.2 Å². The molecule has 5 unspecified atom stereocenters. The molecule has 0 saturated heterocycles. The normalized spacial score (nSPS) is 14.8. The highest BCUT2D eigenvalue weighted by Gasteiger charge is 2.31. The first-order chi connectivity index (χ1) is 17.9. The lowest BCUT2D eigenvalue weighted by molar-refractivity contribution is -0.142. The molecule has 5 atom stereocenters. The Morgan fingerprint density at radius 3 is 1.97 bits per heavy atom. The number of nitrogens with two attached hydrogens (primary N) is 1. The molecular weight excluding hydrogens is 516 g/mol. The average molecular weight is 555 g/mol. The number of hydrogen-bond donors (Lipinski definition) is 7. The summed E-state index contributed by atoms with van der Waals surface area (Å²) in [7, 11) is 0. The van der Waals surface area contributed by atoms with Crippen LogP contribution in [-0.4, -0.2) is 81.2 Å². The highest BCUT2D eigenvalue weighted by atomic mass is 32.2. The largest absolute Gasteiger partial charge is 0.508 e. The number of thioether (sulfide) groups is 1. The van der Waals surface area contributed by atoms with E-state index in [4.69, 9.17) is 10.8 Å². The fraction of sp³-hybridized carbons (Fsp3) is 0.560. The van der Waals surface area contributed by atoms with Gasteiger partial charge in [-0.1, -0.05) is 32.4 Å². The van der Waals surface area contributed by atoms with E-state index in [2.05, 4.69) is 16.0 Å². The molecule has 3 amide bonds. The van der Waals surface area contributed by atoms with E-state index in [0.29, 0.717) is 17.7 Å². The summed E-state index contributed by atoms with van der Waals surface area (Å²) in [6.45, 7) is 3.62. The molecule has 38 heavy (non-hydrogen) atoms. The summed E-state index contributed by atoms with van der Waals surface area (Å²) in [6, 6.07) is 1.21. The molecule has 1 aromatic rings. The zero-order valence-corrected chi connectivity index (χ0v) is 22.6. The molecule has 13 heteroatoms. The van der Waals surface area contributed by atoms with Gasteiger partial charge in [0, 0.05) is 12.8 Å². The lowest BCUT2D eigenvalue weighted by atomic mass is 9.98. The lowest BCUT2D eigenvalue weighted by Gasteiger charge is -2.26. The molecule has 0 saturated carbocycles. The van der Waals surface area contributed by atoms with Crippen LogP contribution in [0.25, 0.3) is 0 Å². The maximum atomic E-state index is 13.2. The molecule has 0 radical (unpaired) electrons. The monoisotopic (exact) mass is 554 g/mol. The van der Waals surface area contributed by atoms with Crippen LogP contribution >= 0.6 is 11.8 Å². The van der Waals surface area contributed by atoms with Crippen molar-refractivity contribution in [3.8, 4) is 5.75 Å². The number of carboxylic acids is 2. The Morgan fingerprint density at radius 1 is 0.895 bits per heavy atom. The molecule has 8 N–H and O–H groups in total. The van der Waals surface area contributed by atoms with Gasteiger partial charge < -0.3 is 37.0 Å². The molecule has 0 bridgehead atoms. The Bertz CT molecular complexity index is 959. The van der Waals surface area contributed by atoms with Gasteiger partial charge in [-0.05, 0) is 48.5 Å². The molecule has 212 valence electrons. The summed E-state index contributed by atoms with van der Waals surface area (Å²) < 4.78 is 0. The van der Waals surface area contributed by atoms with Gasteiger partial charge in [0.2, 0.25) is 17.7 Å². The molecule has 12 nitrogen and oxygen atoms in total. The third-order valence-electron chi connectivity index (χ3n) is 6.07. The van der Waals surface area contributed by atoms with E-state index in [1.54, 1.807) is 25.3 Å². The van der Waals surface area contributed by atoms with Crippen LogP contribution < -0.4 is 21.7 Å². The number of carbonyl (C=O) groups is 5. The van der Waals surface area contributed by atoms with Gasteiger partial charge in [-0.15, -0.1) is 0 Å². The quantitative estimate of drug-likeness (QED) is 0.141. The zero-order valence-electron chi connectivity index (χ0n) is 21.8. The number of carbonyl (C=O) groups excluding carboxylic acids is 3. The molecule has 0 aliphatic carbocycles. The van der Waals surface area contributed by atoms with Crippen LogP contribution in [0.3, 0.4) is 0 Å². The van der Waals surface area contributed by atoms with Gasteiger partial charge in [0.15, 0.2) is 0 Å². The second-order valence-electron chi connectivity index (χ2n) is 9.02. The number of phenolic OH excluding ortho intramolecular Hbond substituents is 1. The molecular formula is C25H38N4O8S. The second kappa shape index (κ2) is 16.5. The fourth-order valence-electron chi connectivity index (χ4n) is 3.43. The van der Waals surface area contributed by atoms with Crippen LogP contribution in [0.15, 0.2) is 24.3 Å². The van der Waals surface area contributed by atoms with Gasteiger partial charge in [0.1, 0.15) is 23.9 Å². The highest BCUT2D eigenvalue weighted by Crippen LogP contribution is 2.13. The maximum Gasteiger partial charge on any atom is 0.326 e. The van der Waals surface area contributed by atoms with Gasteiger partial charge in [-0.2, -0.15) is 11.8 Å². The minimum Gasteiger partial charge on any atom is -0.508 e. The van der Waals surface area contributed by atoms with E-state index in [1.807, 2.05) is 6.92 Å². The number of carboxylic acid groups (broad SMARTS) is 2. The standard InChI is InChI=1S/C25H38N4O8S/c1-4-14(2)21(26)24(35)27-17(9-10-20(31)32)22(33)29-19(13-15-5-7-16(30)8-6-15)23(34)28-18(25(36)37)11-12-38-3/h5-8,14,17-19,21,30H,4,9-13,26H2,1-3H3,(H,27,35)(H,28,34)(H,29,33)(H,31,32)(H,36,37). The Kier molecular flexibility index (Phi) is 14.2. The van der Waals surface area contributed by atoms with Gasteiger partial charge in [-0.3, -0.25) is 19.2 Å². The third-order valence-corrected chi connectivity index (χ3v) is 6.72. The topological polar surface area (TPSA) is 208 Å². The van der Waals surface area contributed by atoms with Crippen LogP contribution in [0.4, 0.5) is 0 Å². The summed E-state index contributed by atoms with van der Waals surface area (Å²) in [6.07, 6.45) is 1.83. The zero-order chi connectivity index (χ0) is 28.8. The van der Waals surface area contributed by atoms with Gasteiger partial charge >= 0.3 is 11.9 Å². The summed E-state index contributed by atoms with van der Waals surface area (Å²) in [5.74, 6) is -4.34. The molecule has 1 aromatic carbocycles. The first-order valence-corrected chi connectivity index (χ1v) is 13.7. The second-order valence-corrected chi connectivity index (χ2v) is 10.0. The number of aromatic hydroxyl groups is 1. The number of benzene rings is 1. The molecule has 1 rings (SSSR count). The summed E-state index contributed by atoms with van der Waals surface area (Å²) >= 11 is 1.41.